The molecule has 1 aliphatic rings. The van der Waals surface area contributed by atoms with Crippen LogP contribution in [0, 0.1) is 0 Å². The Bertz CT molecular complexity index is 193. The third-order valence-electron chi connectivity index (χ3n) is 3.08. The molecule has 2 unspecified atom stereocenters. The van der Waals surface area contributed by atoms with Gasteiger partial charge in [-0.2, -0.15) is 0 Å². The quantitative estimate of drug-likeness (QED) is 0.637. The number of aliphatic hydroxyl groups is 2. The minimum Gasteiger partial charge on any atom is -0.387 e. The summed E-state index contributed by atoms with van der Waals surface area (Å²) in [5, 5.41) is 19.9. The van der Waals surface area contributed by atoms with E-state index in [0.717, 1.165) is 0 Å². The lowest BCUT2D eigenvalue weighted by Crippen LogP contribution is -2.65. The number of aliphatic hydroxyl groups excluding tert-OH is 2. The molecule has 0 bridgehead atoms. The van der Waals surface area contributed by atoms with Gasteiger partial charge in [0, 0.05) is 28.4 Å². The summed E-state index contributed by atoms with van der Waals surface area (Å²) in [6, 6.07) is 0. The molecule has 0 amide bonds. The van der Waals surface area contributed by atoms with Crippen molar-refractivity contribution in [2.45, 2.75) is 36.6 Å². The fourth-order valence-corrected chi connectivity index (χ4v) is 2.25. The molecule has 1 aliphatic carbocycles. The Morgan fingerprint density at radius 3 is 1.12 bits per heavy atom. The lowest BCUT2D eigenvalue weighted by molar-refractivity contribution is -0.246. The van der Waals surface area contributed by atoms with Crippen LogP contribution in [-0.2, 0) is 18.9 Å². The van der Waals surface area contributed by atoms with Crippen LogP contribution in [0.5, 0.6) is 0 Å². The molecule has 6 nitrogen and oxygen atoms in total. The standard InChI is InChI=1S/C10H20O6/c1-13-7-5(11)8(14-2)10(16-4)9(15-3)6(7)12/h5-12H,1-4H3/t5-,6+,7?,8-,9-,10?/m1/s1. The normalized spacial score (nSPS) is 44.6. The van der Waals surface area contributed by atoms with Gasteiger partial charge in [0.2, 0.25) is 0 Å². The molecule has 6 heteroatoms. The second-order valence-corrected chi connectivity index (χ2v) is 3.78. The molecular formula is C10H20O6. The largest absolute Gasteiger partial charge is 0.387 e. The van der Waals surface area contributed by atoms with Crippen molar-refractivity contribution < 1.29 is 29.2 Å². The molecule has 1 rings (SSSR count). The van der Waals surface area contributed by atoms with Crippen molar-refractivity contribution in [2.24, 2.45) is 0 Å². The molecule has 2 N–H and O–H groups in total. The summed E-state index contributed by atoms with van der Waals surface area (Å²) in [4.78, 5) is 0. The Balaban J connectivity index is 2.93. The second-order valence-electron chi connectivity index (χ2n) is 3.78. The van der Waals surface area contributed by atoms with Gasteiger partial charge >= 0.3 is 0 Å². The van der Waals surface area contributed by atoms with Crippen molar-refractivity contribution in [1.82, 2.24) is 0 Å². The number of hydrogen-bond donors (Lipinski definition) is 2. The molecule has 0 heterocycles. The smallest absolute Gasteiger partial charge is 0.115 e. The second kappa shape index (κ2) is 5.90. The molecule has 0 aromatic carbocycles. The Morgan fingerprint density at radius 1 is 0.562 bits per heavy atom. The van der Waals surface area contributed by atoms with Crippen LogP contribution >= 0.6 is 0 Å². The number of hydrogen-bond acceptors (Lipinski definition) is 6. The van der Waals surface area contributed by atoms with Crippen LogP contribution in [0.3, 0.4) is 0 Å². The van der Waals surface area contributed by atoms with E-state index in [1.165, 1.54) is 28.4 Å². The summed E-state index contributed by atoms with van der Waals surface area (Å²) in [7, 11) is 5.84. The fourth-order valence-electron chi connectivity index (χ4n) is 2.25. The van der Waals surface area contributed by atoms with Gasteiger partial charge in [-0.25, -0.2) is 0 Å². The highest BCUT2D eigenvalue weighted by Crippen LogP contribution is 2.28. The predicted octanol–water partition coefficient (Wildman–Crippen LogP) is -1.22. The maximum absolute atomic E-state index is 9.97. The van der Waals surface area contributed by atoms with E-state index in [0.29, 0.717) is 0 Å². The predicted molar refractivity (Wildman–Crippen MR) is 55.2 cm³/mol. The summed E-state index contributed by atoms with van der Waals surface area (Å²) >= 11 is 0. The summed E-state index contributed by atoms with van der Waals surface area (Å²) in [6.45, 7) is 0. The Hall–Kier alpha value is -0.240. The van der Waals surface area contributed by atoms with Crippen LogP contribution in [-0.4, -0.2) is 75.3 Å². The first-order valence-electron chi connectivity index (χ1n) is 5.09. The number of ether oxygens (including phenoxy) is 4. The highest BCUT2D eigenvalue weighted by Gasteiger charge is 2.51. The first-order valence-corrected chi connectivity index (χ1v) is 5.09. The Labute approximate surface area is 95.1 Å². The van der Waals surface area contributed by atoms with Gasteiger partial charge in [-0.05, 0) is 0 Å². The van der Waals surface area contributed by atoms with Crippen LogP contribution in [0.2, 0.25) is 0 Å². The minimum atomic E-state index is -0.957. The van der Waals surface area contributed by atoms with Gasteiger partial charge in [-0.1, -0.05) is 0 Å². The summed E-state index contributed by atoms with van der Waals surface area (Å²) in [5.74, 6) is 0. The average molecular weight is 236 g/mol. The van der Waals surface area contributed by atoms with Crippen LogP contribution < -0.4 is 0 Å². The Morgan fingerprint density at radius 2 is 0.875 bits per heavy atom. The molecule has 16 heavy (non-hydrogen) atoms. The van der Waals surface area contributed by atoms with Crippen LogP contribution in [0.25, 0.3) is 0 Å². The summed E-state index contributed by atoms with van der Waals surface area (Å²) in [6.07, 6.45) is -4.39. The molecule has 0 aromatic heterocycles. The average Bonchev–Trinajstić information content (AvgIpc) is 2.29. The van der Waals surface area contributed by atoms with E-state index in [2.05, 4.69) is 0 Å². The van der Waals surface area contributed by atoms with Crippen molar-refractivity contribution in [3.05, 3.63) is 0 Å². The molecule has 0 aliphatic heterocycles. The van der Waals surface area contributed by atoms with E-state index >= 15 is 0 Å². The van der Waals surface area contributed by atoms with Crippen LogP contribution in [0.15, 0.2) is 0 Å². The van der Waals surface area contributed by atoms with Gasteiger partial charge in [0.05, 0.1) is 0 Å². The number of rotatable bonds is 4. The third-order valence-corrected chi connectivity index (χ3v) is 3.08. The van der Waals surface area contributed by atoms with Crippen molar-refractivity contribution in [3.8, 4) is 0 Å². The first-order chi connectivity index (χ1) is 7.62. The Kier molecular flexibility index (Phi) is 5.10. The molecule has 0 spiro atoms. The van der Waals surface area contributed by atoms with Crippen molar-refractivity contribution in [3.63, 3.8) is 0 Å². The van der Waals surface area contributed by atoms with E-state index in [1.54, 1.807) is 0 Å². The highest BCUT2D eigenvalue weighted by atomic mass is 16.6. The number of methoxy groups -OCH3 is 4. The monoisotopic (exact) mass is 236 g/mol. The van der Waals surface area contributed by atoms with Crippen LogP contribution in [0.4, 0.5) is 0 Å². The van der Waals surface area contributed by atoms with Crippen LogP contribution in [0.1, 0.15) is 0 Å². The van der Waals surface area contributed by atoms with E-state index in [9.17, 15) is 10.2 Å². The maximum atomic E-state index is 9.97. The van der Waals surface area contributed by atoms with Gasteiger partial charge in [-0.3, -0.25) is 0 Å². The van der Waals surface area contributed by atoms with E-state index in [4.69, 9.17) is 18.9 Å². The van der Waals surface area contributed by atoms with E-state index in [1.807, 2.05) is 0 Å². The summed E-state index contributed by atoms with van der Waals surface area (Å²) < 4.78 is 20.6. The molecule has 0 radical (unpaired) electrons. The molecule has 0 saturated heterocycles. The SMILES string of the molecule is COC1[C@@H](O)[C@@H](OC)C(OC)[C@H](OC)[C@H]1O. The van der Waals surface area contributed by atoms with Gasteiger partial charge < -0.3 is 29.2 Å². The molecule has 96 valence electrons. The van der Waals surface area contributed by atoms with Crippen molar-refractivity contribution in [1.29, 1.82) is 0 Å². The maximum Gasteiger partial charge on any atom is 0.115 e. The van der Waals surface area contributed by atoms with Crippen molar-refractivity contribution >= 4 is 0 Å². The summed E-state index contributed by atoms with van der Waals surface area (Å²) in [5.41, 5.74) is 0. The molecule has 6 atom stereocenters. The minimum absolute atomic E-state index is 0.536. The molecular weight excluding hydrogens is 216 g/mol. The van der Waals surface area contributed by atoms with Gasteiger partial charge in [0.1, 0.15) is 36.6 Å². The topological polar surface area (TPSA) is 77.4 Å². The third kappa shape index (κ3) is 2.22. The zero-order chi connectivity index (χ0) is 12.3. The lowest BCUT2D eigenvalue weighted by atomic mass is 9.84. The lowest BCUT2D eigenvalue weighted by Gasteiger charge is -2.45. The van der Waals surface area contributed by atoms with Gasteiger partial charge in [0.15, 0.2) is 0 Å². The van der Waals surface area contributed by atoms with Gasteiger partial charge in [-0.15, -0.1) is 0 Å². The molecule has 0 aromatic rings. The first kappa shape index (κ1) is 13.8. The van der Waals surface area contributed by atoms with E-state index < -0.39 is 36.6 Å². The molecule has 1 fully saturated rings. The zero-order valence-electron chi connectivity index (χ0n) is 9.99. The van der Waals surface area contributed by atoms with Crippen molar-refractivity contribution in [2.75, 3.05) is 28.4 Å². The zero-order valence-corrected chi connectivity index (χ0v) is 9.99. The van der Waals surface area contributed by atoms with Gasteiger partial charge in [0.25, 0.3) is 0 Å². The highest BCUT2D eigenvalue weighted by molar-refractivity contribution is 5.01. The van der Waals surface area contributed by atoms with E-state index in [-0.39, 0.29) is 0 Å². The molecule has 1 saturated carbocycles. The fraction of sp³-hybridized carbons (Fsp3) is 1.00.